The number of carboxylic acids is 1. The predicted octanol–water partition coefficient (Wildman–Crippen LogP) is -3.35. The van der Waals surface area contributed by atoms with Gasteiger partial charge in [-0.1, -0.05) is 0 Å². The molecular weight excluding hydrogens is 168 g/mol. The van der Waals surface area contributed by atoms with Crippen LogP contribution < -0.4 is 10.4 Å². The topological polar surface area (TPSA) is 122 Å². The van der Waals surface area contributed by atoms with Gasteiger partial charge in [0.15, 0.2) is 6.10 Å². The third-order valence-corrected chi connectivity index (χ3v) is 1.25. The fourth-order valence-electron chi connectivity index (χ4n) is 0.673. The van der Waals surface area contributed by atoms with Crippen molar-refractivity contribution in [2.45, 2.75) is 12.3 Å². The van der Waals surface area contributed by atoms with Gasteiger partial charge in [-0.3, -0.25) is 9.79 Å². The first-order chi connectivity index (χ1) is 5.52. The number of carbonyl (C=O) groups excluding carboxylic acids is 1. The lowest BCUT2D eigenvalue weighted by atomic mass is 10.2. The quantitative estimate of drug-likeness (QED) is 0.382. The van der Waals surface area contributed by atoms with E-state index >= 15 is 0 Å². The highest BCUT2D eigenvalue weighted by Gasteiger charge is 2.28. The number of carbonyl (C=O) groups is 2. The number of nitrogens with one attached hydrogen (secondary N) is 1. The summed E-state index contributed by atoms with van der Waals surface area (Å²) < 4.78 is 0. The van der Waals surface area contributed by atoms with E-state index in [1.807, 2.05) is 5.32 Å². The molecule has 0 fully saturated rings. The van der Waals surface area contributed by atoms with Crippen LogP contribution in [0.5, 0.6) is 0 Å². The molecule has 1 aliphatic rings. The van der Waals surface area contributed by atoms with Gasteiger partial charge in [-0.25, -0.2) is 4.79 Å². The maximum absolute atomic E-state index is 10.6. The monoisotopic (exact) mass is 173 g/mol. The molecule has 0 aliphatic carbocycles. The Morgan fingerprint density at radius 3 is 2.67 bits per heavy atom. The van der Waals surface area contributed by atoms with Crippen LogP contribution in [0.25, 0.3) is 0 Å². The van der Waals surface area contributed by atoms with Gasteiger partial charge in [0.1, 0.15) is 0 Å². The van der Waals surface area contributed by atoms with Gasteiger partial charge >= 0.3 is 5.97 Å². The highest BCUT2D eigenvalue weighted by Crippen LogP contribution is 1.98. The van der Waals surface area contributed by atoms with E-state index < -0.39 is 30.0 Å². The lowest BCUT2D eigenvalue weighted by Gasteiger charge is -2.25. The maximum atomic E-state index is 10.6. The second-order valence-electron chi connectivity index (χ2n) is 2.12. The second kappa shape index (κ2) is 2.78. The van der Waals surface area contributed by atoms with E-state index in [-0.39, 0.29) is 0 Å². The van der Waals surface area contributed by atoms with Crippen LogP contribution in [-0.2, 0) is 9.59 Å². The van der Waals surface area contributed by atoms with E-state index in [9.17, 15) is 14.7 Å². The van der Waals surface area contributed by atoms with Crippen molar-refractivity contribution in [3.05, 3.63) is 0 Å². The largest absolute Gasteiger partial charge is 0.860 e. The molecule has 12 heavy (non-hydrogen) atoms. The van der Waals surface area contributed by atoms with Gasteiger partial charge in [-0.05, 0) is 5.90 Å². The first kappa shape index (κ1) is 8.47. The van der Waals surface area contributed by atoms with Crippen molar-refractivity contribution in [1.29, 1.82) is 0 Å². The Kier molecular flexibility index (Phi) is 1.96. The molecule has 0 aromatic rings. The van der Waals surface area contributed by atoms with Gasteiger partial charge in [-0.15, -0.1) is 0 Å². The lowest BCUT2D eigenvalue weighted by molar-refractivity contribution is -0.229. The molecule has 1 heterocycles. The molecule has 2 unspecified atom stereocenters. The predicted molar refractivity (Wildman–Crippen MR) is 33.0 cm³/mol. The van der Waals surface area contributed by atoms with Crippen molar-refractivity contribution in [1.82, 2.24) is 5.32 Å². The average molecular weight is 173 g/mol. The zero-order valence-corrected chi connectivity index (χ0v) is 5.72. The summed E-state index contributed by atoms with van der Waals surface area (Å²) in [6.07, 6.45) is -3.45. The van der Waals surface area contributed by atoms with E-state index in [2.05, 4.69) is 4.99 Å². The van der Waals surface area contributed by atoms with Gasteiger partial charge in [0.25, 0.3) is 5.91 Å². The van der Waals surface area contributed by atoms with Crippen molar-refractivity contribution in [2.75, 3.05) is 0 Å². The second-order valence-corrected chi connectivity index (χ2v) is 2.12. The standard InChI is InChI=1S/C5H6N2O5/c8-1-3(9)6-2(5(11)12)7-4(1)10/h1-2,8H,(H,6,9)(H,7,10)(H,11,12)/p-1. The van der Waals surface area contributed by atoms with Crippen molar-refractivity contribution >= 4 is 17.8 Å². The summed E-state index contributed by atoms with van der Waals surface area (Å²) in [6.45, 7) is 0. The highest BCUT2D eigenvalue weighted by molar-refractivity contribution is 6.05. The number of rotatable bonds is 1. The van der Waals surface area contributed by atoms with Crippen LogP contribution in [0.4, 0.5) is 0 Å². The summed E-state index contributed by atoms with van der Waals surface area (Å²) in [5.74, 6) is -3.61. The Morgan fingerprint density at radius 1 is 1.67 bits per heavy atom. The molecule has 7 nitrogen and oxygen atoms in total. The average Bonchev–Trinajstić information content (AvgIpc) is 1.99. The number of aliphatic carboxylic acids is 1. The summed E-state index contributed by atoms with van der Waals surface area (Å²) in [4.78, 5) is 23.8. The normalized spacial score (nSPS) is 29.1. The fourth-order valence-corrected chi connectivity index (χ4v) is 0.673. The number of hydrogen-bond donors (Lipinski definition) is 3. The van der Waals surface area contributed by atoms with E-state index in [1.54, 1.807) is 0 Å². The van der Waals surface area contributed by atoms with Gasteiger partial charge in [0.05, 0.1) is 0 Å². The van der Waals surface area contributed by atoms with E-state index in [4.69, 9.17) is 10.2 Å². The minimum absolute atomic E-state index is 1.04. The van der Waals surface area contributed by atoms with Crippen LogP contribution in [0, 0.1) is 0 Å². The molecule has 0 saturated carbocycles. The number of carboxylic acid groups (broad SMARTS) is 1. The molecule has 0 bridgehead atoms. The first-order valence-corrected chi connectivity index (χ1v) is 2.98. The van der Waals surface area contributed by atoms with Crippen LogP contribution in [-0.4, -0.2) is 40.3 Å². The molecular formula is C5H5N2O5-. The van der Waals surface area contributed by atoms with Crippen LogP contribution in [0.3, 0.4) is 0 Å². The number of aliphatic hydroxyl groups is 1. The van der Waals surface area contributed by atoms with Gasteiger partial charge in [0, 0.05) is 0 Å². The van der Waals surface area contributed by atoms with Crippen LogP contribution >= 0.6 is 0 Å². The molecule has 1 rings (SSSR count). The fraction of sp³-hybridized carbons (Fsp3) is 0.400. The minimum Gasteiger partial charge on any atom is -0.860 e. The molecule has 0 spiro atoms. The third kappa shape index (κ3) is 1.35. The maximum Gasteiger partial charge on any atom is 0.349 e. The van der Waals surface area contributed by atoms with Gasteiger partial charge < -0.3 is 20.6 Å². The van der Waals surface area contributed by atoms with Crippen molar-refractivity contribution in [3.63, 3.8) is 0 Å². The van der Waals surface area contributed by atoms with Crippen molar-refractivity contribution in [2.24, 2.45) is 4.99 Å². The van der Waals surface area contributed by atoms with Crippen LogP contribution in [0.2, 0.25) is 0 Å². The summed E-state index contributed by atoms with van der Waals surface area (Å²) in [6, 6.07) is 0. The Bertz CT molecular complexity index is 261. The SMILES string of the molecule is O=C(O)C1N=C([O-])C(O)C(=O)N1. The van der Waals surface area contributed by atoms with Crippen LogP contribution in [0.1, 0.15) is 0 Å². The van der Waals surface area contributed by atoms with Crippen LogP contribution in [0.15, 0.2) is 4.99 Å². The molecule has 0 aromatic heterocycles. The Hall–Kier alpha value is -1.63. The van der Waals surface area contributed by atoms with E-state index in [0.29, 0.717) is 0 Å². The molecule has 1 aliphatic heterocycles. The van der Waals surface area contributed by atoms with Crippen molar-refractivity contribution in [3.8, 4) is 0 Å². The summed E-state index contributed by atoms with van der Waals surface area (Å²) in [5.41, 5.74) is 0. The first-order valence-electron chi connectivity index (χ1n) is 2.98. The number of amides is 1. The molecule has 0 saturated heterocycles. The zero-order valence-electron chi connectivity index (χ0n) is 5.72. The molecule has 7 heteroatoms. The number of aliphatic imine (C=N–C) groups is 1. The molecule has 0 aromatic carbocycles. The highest BCUT2D eigenvalue weighted by atomic mass is 16.4. The number of aliphatic hydroxyl groups excluding tert-OH is 1. The van der Waals surface area contributed by atoms with Gasteiger partial charge in [-0.2, -0.15) is 0 Å². The van der Waals surface area contributed by atoms with E-state index in [0.717, 1.165) is 0 Å². The zero-order chi connectivity index (χ0) is 9.30. The molecule has 66 valence electrons. The molecule has 0 radical (unpaired) electrons. The summed E-state index contributed by atoms with van der Waals surface area (Å²) in [7, 11) is 0. The number of hydrogen-bond acceptors (Lipinski definition) is 5. The third-order valence-electron chi connectivity index (χ3n) is 1.25. The Labute approximate surface area is 66.3 Å². The minimum atomic E-state index is -1.87. The summed E-state index contributed by atoms with van der Waals surface area (Å²) in [5, 5.41) is 29.4. The lowest BCUT2D eigenvalue weighted by Crippen LogP contribution is -2.55. The Morgan fingerprint density at radius 2 is 2.25 bits per heavy atom. The summed E-state index contributed by atoms with van der Waals surface area (Å²) >= 11 is 0. The number of nitrogens with zero attached hydrogens (tertiary/aromatic N) is 1. The molecule has 1 amide bonds. The van der Waals surface area contributed by atoms with Gasteiger partial charge in [0.2, 0.25) is 6.17 Å². The van der Waals surface area contributed by atoms with E-state index in [1.165, 1.54) is 0 Å². The molecule has 2 atom stereocenters. The smallest absolute Gasteiger partial charge is 0.349 e. The Balaban J connectivity index is 2.87. The van der Waals surface area contributed by atoms with Crippen molar-refractivity contribution < 1.29 is 24.9 Å². The molecule has 3 N–H and O–H groups in total.